The minimum atomic E-state index is -1.42. The molecule has 7 heteroatoms. The van der Waals surface area contributed by atoms with Crippen molar-refractivity contribution in [2.45, 2.75) is 12.7 Å². The summed E-state index contributed by atoms with van der Waals surface area (Å²) in [6, 6.07) is 11.1. The Bertz CT molecular complexity index is 865. The number of amides is 1. The number of carbonyl (C=O) groups is 1. The zero-order valence-electron chi connectivity index (χ0n) is 14.1. The van der Waals surface area contributed by atoms with Gasteiger partial charge in [0.15, 0.2) is 0 Å². The summed E-state index contributed by atoms with van der Waals surface area (Å²) in [4.78, 5) is 14.6. The first-order chi connectivity index (χ1) is 12.5. The highest BCUT2D eigenvalue weighted by atomic mass is 35.5. The molecule has 1 saturated heterocycles. The summed E-state index contributed by atoms with van der Waals surface area (Å²) in [5.41, 5.74) is 2.22. The number of nitrogens with zero attached hydrogens (tertiary/aromatic N) is 1. The zero-order chi connectivity index (χ0) is 18.3. The van der Waals surface area contributed by atoms with Gasteiger partial charge in [0.25, 0.3) is 11.7 Å². The van der Waals surface area contributed by atoms with E-state index in [1.54, 1.807) is 12.1 Å². The van der Waals surface area contributed by atoms with Crippen LogP contribution in [0.3, 0.4) is 0 Å². The predicted molar refractivity (Wildman–Crippen MR) is 99.1 cm³/mol. The molecule has 1 fully saturated rings. The fourth-order valence-corrected chi connectivity index (χ4v) is 3.75. The Morgan fingerprint density at radius 2 is 1.96 bits per heavy atom. The van der Waals surface area contributed by atoms with Crippen LogP contribution < -0.4 is 9.64 Å². The standard InChI is InChI=1S/C19H17Cl2NO4/c1-12-3-2-4-13(11-12)24-8-7-22-17-14(5-6-15(20)16(17)21)19(18(22)23)25-9-10-26-19/h2-6,11H,7-10H2,1H3. The summed E-state index contributed by atoms with van der Waals surface area (Å²) in [6.07, 6.45) is 0. The van der Waals surface area contributed by atoms with Gasteiger partial charge in [-0.25, -0.2) is 0 Å². The van der Waals surface area contributed by atoms with Gasteiger partial charge in [-0.3, -0.25) is 4.79 Å². The van der Waals surface area contributed by atoms with E-state index >= 15 is 0 Å². The number of carbonyl (C=O) groups excluding carboxylic acids is 1. The first kappa shape index (κ1) is 17.6. The van der Waals surface area contributed by atoms with Crippen LogP contribution in [0.1, 0.15) is 11.1 Å². The first-order valence-electron chi connectivity index (χ1n) is 8.31. The van der Waals surface area contributed by atoms with E-state index in [2.05, 4.69) is 0 Å². The predicted octanol–water partition coefficient (Wildman–Crippen LogP) is 3.93. The molecule has 5 nitrogen and oxygen atoms in total. The average Bonchev–Trinajstić information content (AvgIpc) is 3.19. The van der Waals surface area contributed by atoms with Crippen LogP contribution in [0.4, 0.5) is 5.69 Å². The lowest BCUT2D eigenvalue weighted by Crippen LogP contribution is -2.42. The summed E-state index contributed by atoms with van der Waals surface area (Å²) < 4.78 is 17.2. The number of aryl methyl sites for hydroxylation is 1. The number of fused-ring (bicyclic) bond motifs is 2. The maximum absolute atomic E-state index is 13.1. The molecule has 4 rings (SSSR count). The highest BCUT2D eigenvalue weighted by Crippen LogP contribution is 2.50. The largest absolute Gasteiger partial charge is 0.492 e. The number of halogens is 2. The summed E-state index contributed by atoms with van der Waals surface area (Å²) in [6.45, 7) is 3.29. The average molecular weight is 394 g/mol. The molecule has 136 valence electrons. The lowest BCUT2D eigenvalue weighted by atomic mass is 10.1. The van der Waals surface area contributed by atoms with Crippen molar-refractivity contribution in [2.24, 2.45) is 0 Å². The molecule has 1 spiro atoms. The number of benzene rings is 2. The lowest BCUT2D eigenvalue weighted by Gasteiger charge is -2.22. The Morgan fingerprint density at radius 1 is 1.19 bits per heavy atom. The van der Waals surface area contributed by atoms with Crippen molar-refractivity contribution in [1.82, 2.24) is 0 Å². The Morgan fingerprint density at radius 3 is 2.69 bits per heavy atom. The molecule has 0 aromatic heterocycles. The minimum absolute atomic E-state index is 0.299. The van der Waals surface area contributed by atoms with Crippen molar-refractivity contribution in [2.75, 3.05) is 31.3 Å². The summed E-state index contributed by atoms with van der Waals surface area (Å²) in [5, 5.41) is 0.682. The van der Waals surface area contributed by atoms with Crippen LogP contribution in [-0.4, -0.2) is 32.3 Å². The zero-order valence-corrected chi connectivity index (χ0v) is 15.6. The van der Waals surface area contributed by atoms with Gasteiger partial charge < -0.3 is 19.1 Å². The number of rotatable bonds is 4. The van der Waals surface area contributed by atoms with Gasteiger partial charge in [0.2, 0.25) is 0 Å². The van der Waals surface area contributed by atoms with E-state index < -0.39 is 5.79 Å². The fourth-order valence-electron chi connectivity index (χ4n) is 3.33. The van der Waals surface area contributed by atoms with Gasteiger partial charge in [-0.05, 0) is 36.8 Å². The lowest BCUT2D eigenvalue weighted by molar-refractivity contribution is -0.180. The van der Waals surface area contributed by atoms with E-state index in [9.17, 15) is 4.79 Å². The van der Waals surface area contributed by atoms with Gasteiger partial charge in [0.1, 0.15) is 12.4 Å². The number of ether oxygens (including phenoxy) is 3. The monoisotopic (exact) mass is 393 g/mol. The minimum Gasteiger partial charge on any atom is -0.492 e. The van der Waals surface area contributed by atoms with E-state index in [1.807, 2.05) is 31.2 Å². The van der Waals surface area contributed by atoms with E-state index in [-0.39, 0.29) is 5.91 Å². The number of hydrogen-bond acceptors (Lipinski definition) is 4. The van der Waals surface area contributed by atoms with Gasteiger partial charge in [-0.15, -0.1) is 0 Å². The van der Waals surface area contributed by atoms with E-state index in [1.165, 1.54) is 4.90 Å². The molecule has 2 aliphatic rings. The number of hydrogen-bond donors (Lipinski definition) is 0. The summed E-state index contributed by atoms with van der Waals surface area (Å²) in [5.74, 6) is -0.980. The van der Waals surface area contributed by atoms with Crippen LogP contribution in [-0.2, 0) is 20.1 Å². The van der Waals surface area contributed by atoms with Crippen molar-refractivity contribution in [3.63, 3.8) is 0 Å². The molecule has 2 heterocycles. The maximum atomic E-state index is 13.1. The quantitative estimate of drug-likeness (QED) is 0.789. The van der Waals surface area contributed by atoms with Gasteiger partial charge in [0.05, 0.1) is 35.5 Å². The molecule has 0 unspecified atom stereocenters. The van der Waals surface area contributed by atoms with E-state index in [0.717, 1.165) is 11.3 Å². The van der Waals surface area contributed by atoms with Crippen molar-refractivity contribution in [3.05, 3.63) is 57.6 Å². The normalized spacial score (nSPS) is 17.8. The Balaban J connectivity index is 1.60. The molecule has 1 amide bonds. The molecule has 0 radical (unpaired) electrons. The van der Waals surface area contributed by atoms with E-state index in [4.69, 9.17) is 37.4 Å². The topological polar surface area (TPSA) is 48.0 Å². The second-order valence-corrected chi connectivity index (χ2v) is 6.98. The van der Waals surface area contributed by atoms with Crippen molar-refractivity contribution in [1.29, 1.82) is 0 Å². The van der Waals surface area contributed by atoms with Crippen LogP contribution in [0.15, 0.2) is 36.4 Å². The van der Waals surface area contributed by atoms with Crippen molar-refractivity contribution < 1.29 is 19.0 Å². The van der Waals surface area contributed by atoms with E-state index in [0.29, 0.717) is 47.7 Å². The molecule has 0 N–H and O–H groups in total. The third-order valence-corrected chi connectivity index (χ3v) is 5.28. The molecule has 2 aromatic rings. The summed E-state index contributed by atoms with van der Waals surface area (Å²) in [7, 11) is 0. The molecule has 0 bridgehead atoms. The molecule has 0 aliphatic carbocycles. The Hall–Kier alpha value is -1.79. The van der Waals surface area contributed by atoms with Crippen molar-refractivity contribution in [3.8, 4) is 5.75 Å². The van der Waals surface area contributed by atoms with Gasteiger partial charge in [0, 0.05) is 5.56 Å². The fraction of sp³-hybridized carbons (Fsp3) is 0.316. The SMILES string of the molecule is Cc1cccc(OCCN2C(=O)C3(OCCO3)c3ccc(Cl)c(Cl)c32)c1. The third kappa shape index (κ3) is 2.76. The number of anilines is 1. The molecule has 2 aliphatic heterocycles. The van der Waals surface area contributed by atoms with Crippen LogP contribution in [0.5, 0.6) is 5.75 Å². The second kappa shape index (κ2) is 6.74. The molecule has 2 aromatic carbocycles. The third-order valence-electron chi connectivity index (χ3n) is 4.49. The highest BCUT2D eigenvalue weighted by molar-refractivity contribution is 6.44. The Kier molecular flexibility index (Phi) is 4.57. The smallest absolute Gasteiger partial charge is 0.292 e. The van der Waals surface area contributed by atoms with Crippen LogP contribution in [0.2, 0.25) is 10.0 Å². The van der Waals surface area contributed by atoms with Crippen LogP contribution in [0.25, 0.3) is 0 Å². The maximum Gasteiger partial charge on any atom is 0.292 e. The molecule has 0 saturated carbocycles. The summed E-state index contributed by atoms with van der Waals surface area (Å²) >= 11 is 12.6. The molecular weight excluding hydrogens is 377 g/mol. The Labute approximate surface area is 161 Å². The second-order valence-electron chi connectivity index (χ2n) is 6.19. The van der Waals surface area contributed by atoms with Crippen LogP contribution >= 0.6 is 23.2 Å². The van der Waals surface area contributed by atoms with Gasteiger partial charge >= 0.3 is 0 Å². The molecule has 26 heavy (non-hydrogen) atoms. The first-order valence-corrected chi connectivity index (χ1v) is 9.06. The molecular formula is C19H17Cl2NO4. The molecule has 0 atom stereocenters. The van der Waals surface area contributed by atoms with Gasteiger partial charge in [-0.2, -0.15) is 0 Å². The van der Waals surface area contributed by atoms with Crippen LogP contribution in [0, 0.1) is 6.92 Å². The highest BCUT2D eigenvalue weighted by Gasteiger charge is 2.56. The van der Waals surface area contributed by atoms with Crippen molar-refractivity contribution >= 4 is 34.8 Å². The van der Waals surface area contributed by atoms with Gasteiger partial charge in [-0.1, -0.05) is 35.3 Å².